The van der Waals surface area contributed by atoms with Gasteiger partial charge in [-0.1, -0.05) is 44.2 Å². The molecule has 2 nitrogen and oxygen atoms in total. The second-order valence-corrected chi connectivity index (χ2v) is 8.80. The minimum atomic E-state index is 0.516. The van der Waals surface area contributed by atoms with Gasteiger partial charge in [-0.3, -0.25) is 0 Å². The number of aryl methyl sites for hydroxylation is 1. The van der Waals surface area contributed by atoms with Gasteiger partial charge in [-0.15, -0.1) is 0 Å². The normalized spacial score (nSPS) is 18.4. The van der Waals surface area contributed by atoms with Crippen LogP contribution in [0.15, 0.2) is 36.4 Å². The van der Waals surface area contributed by atoms with E-state index in [-0.39, 0.29) is 0 Å². The molecule has 0 amide bonds. The van der Waals surface area contributed by atoms with Crippen molar-refractivity contribution < 1.29 is 4.74 Å². The van der Waals surface area contributed by atoms with Crippen molar-refractivity contribution in [3.8, 4) is 16.9 Å². The monoisotopic (exact) mass is 349 g/mol. The van der Waals surface area contributed by atoms with Crippen LogP contribution < -0.4 is 4.74 Å². The maximum absolute atomic E-state index is 6.16. The summed E-state index contributed by atoms with van der Waals surface area (Å²) in [5.74, 6) is 1.04. The third kappa shape index (κ3) is 3.53. The van der Waals surface area contributed by atoms with E-state index in [9.17, 15) is 0 Å². The Labute approximate surface area is 158 Å². The van der Waals surface area contributed by atoms with Gasteiger partial charge in [0.1, 0.15) is 5.75 Å². The van der Waals surface area contributed by atoms with Gasteiger partial charge in [-0.05, 0) is 71.9 Å². The second-order valence-electron chi connectivity index (χ2n) is 8.80. The Kier molecular flexibility index (Phi) is 4.79. The zero-order chi connectivity index (χ0) is 18.1. The minimum absolute atomic E-state index is 0.516. The van der Waals surface area contributed by atoms with Crippen molar-refractivity contribution in [2.75, 3.05) is 26.2 Å². The number of rotatable bonds is 6. The summed E-state index contributed by atoms with van der Waals surface area (Å²) in [5, 5.41) is 0. The summed E-state index contributed by atoms with van der Waals surface area (Å²) in [4.78, 5) is 2.53. The summed E-state index contributed by atoms with van der Waals surface area (Å²) < 4.78 is 6.16. The van der Waals surface area contributed by atoms with Gasteiger partial charge in [0.15, 0.2) is 0 Å². The van der Waals surface area contributed by atoms with Gasteiger partial charge in [-0.25, -0.2) is 0 Å². The summed E-state index contributed by atoms with van der Waals surface area (Å²) in [5.41, 5.74) is 7.62. The van der Waals surface area contributed by atoms with E-state index in [1.807, 2.05) is 0 Å². The number of ether oxygens (including phenoxy) is 1. The lowest BCUT2D eigenvalue weighted by molar-refractivity contribution is 0.0275. The van der Waals surface area contributed by atoms with Crippen LogP contribution >= 0.6 is 0 Å². The smallest absolute Gasteiger partial charge is 0.122 e. The molecule has 138 valence electrons. The zero-order valence-corrected chi connectivity index (χ0v) is 16.5. The Balaban J connectivity index is 1.41. The molecule has 0 N–H and O–H groups in total. The maximum Gasteiger partial charge on any atom is 0.122 e. The summed E-state index contributed by atoms with van der Waals surface area (Å²) in [7, 11) is 0. The average molecular weight is 350 g/mol. The lowest BCUT2D eigenvalue weighted by Gasteiger charge is -2.46. The quantitative estimate of drug-likeness (QED) is 0.660. The van der Waals surface area contributed by atoms with Crippen LogP contribution in [-0.2, 0) is 12.8 Å². The van der Waals surface area contributed by atoms with Crippen molar-refractivity contribution in [1.29, 1.82) is 0 Å². The van der Waals surface area contributed by atoms with Gasteiger partial charge < -0.3 is 9.64 Å². The number of hydrogen-bond donors (Lipinski definition) is 0. The van der Waals surface area contributed by atoms with E-state index >= 15 is 0 Å². The van der Waals surface area contributed by atoms with Crippen LogP contribution in [-0.4, -0.2) is 31.1 Å². The highest BCUT2D eigenvalue weighted by Crippen LogP contribution is 2.36. The zero-order valence-electron chi connectivity index (χ0n) is 16.5. The average Bonchev–Trinajstić information content (AvgIpc) is 3.07. The SMILES string of the molecule is Cc1c(OCCCN2CC(C)(C)C2)cccc1-c1cccc2c1CCC2. The first kappa shape index (κ1) is 17.6. The number of nitrogens with zero attached hydrogens (tertiary/aromatic N) is 1. The van der Waals surface area contributed by atoms with Crippen LogP contribution in [0.1, 0.15) is 43.4 Å². The summed E-state index contributed by atoms with van der Waals surface area (Å²) in [6.07, 6.45) is 4.82. The molecule has 2 aromatic rings. The molecule has 26 heavy (non-hydrogen) atoms. The summed E-state index contributed by atoms with van der Waals surface area (Å²) in [6.45, 7) is 11.3. The van der Waals surface area contributed by atoms with Gasteiger partial charge in [0.05, 0.1) is 6.61 Å². The Bertz CT molecular complexity index is 785. The molecule has 0 atom stereocenters. The number of likely N-dealkylation sites (tertiary alicyclic amines) is 1. The molecule has 1 aliphatic carbocycles. The van der Waals surface area contributed by atoms with E-state index in [0.29, 0.717) is 5.41 Å². The van der Waals surface area contributed by atoms with Gasteiger partial charge >= 0.3 is 0 Å². The second kappa shape index (κ2) is 7.08. The molecular formula is C24H31NO. The Morgan fingerprint density at radius 1 is 1.00 bits per heavy atom. The molecule has 0 spiro atoms. The van der Waals surface area contributed by atoms with Crippen molar-refractivity contribution >= 4 is 0 Å². The van der Waals surface area contributed by atoms with Crippen LogP contribution in [0.4, 0.5) is 0 Å². The molecule has 1 saturated heterocycles. The predicted octanol–water partition coefficient (Wildman–Crippen LogP) is 5.26. The Morgan fingerprint density at radius 3 is 2.58 bits per heavy atom. The number of hydrogen-bond acceptors (Lipinski definition) is 2. The van der Waals surface area contributed by atoms with Crippen LogP contribution in [0.5, 0.6) is 5.75 Å². The molecule has 0 saturated carbocycles. The third-order valence-electron chi connectivity index (χ3n) is 5.90. The van der Waals surface area contributed by atoms with Gasteiger partial charge in [0.25, 0.3) is 0 Å². The van der Waals surface area contributed by atoms with E-state index < -0.39 is 0 Å². The topological polar surface area (TPSA) is 12.5 Å². The van der Waals surface area contributed by atoms with Gasteiger partial charge in [0, 0.05) is 19.6 Å². The highest BCUT2D eigenvalue weighted by atomic mass is 16.5. The minimum Gasteiger partial charge on any atom is -0.493 e. The maximum atomic E-state index is 6.16. The Hall–Kier alpha value is -1.80. The van der Waals surface area contributed by atoms with Crippen molar-refractivity contribution in [3.05, 3.63) is 53.1 Å². The van der Waals surface area contributed by atoms with Gasteiger partial charge in [0.2, 0.25) is 0 Å². The molecule has 2 aliphatic rings. The number of benzene rings is 2. The molecule has 1 fully saturated rings. The van der Waals surface area contributed by atoms with Gasteiger partial charge in [-0.2, -0.15) is 0 Å². The van der Waals surface area contributed by atoms with Crippen LogP contribution in [0, 0.1) is 12.3 Å². The van der Waals surface area contributed by atoms with Crippen molar-refractivity contribution in [1.82, 2.24) is 4.90 Å². The van der Waals surface area contributed by atoms with E-state index in [4.69, 9.17) is 4.74 Å². The fraction of sp³-hybridized carbons (Fsp3) is 0.500. The summed E-state index contributed by atoms with van der Waals surface area (Å²) >= 11 is 0. The molecule has 4 rings (SSSR count). The lowest BCUT2D eigenvalue weighted by Crippen LogP contribution is -2.53. The third-order valence-corrected chi connectivity index (χ3v) is 5.90. The molecule has 1 aliphatic heterocycles. The summed E-state index contributed by atoms with van der Waals surface area (Å²) in [6, 6.07) is 13.3. The molecule has 2 heteroatoms. The molecule has 0 aromatic heterocycles. The van der Waals surface area contributed by atoms with Crippen molar-refractivity contribution in [3.63, 3.8) is 0 Å². The lowest BCUT2D eigenvalue weighted by atomic mass is 9.84. The molecule has 0 bridgehead atoms. The number of fused-ring (bicyclic) bond motifs is 1. The first-order valence-corrected chi connectivity index (χ1v) is 10.1. The Morgan fingerprint density at radius 2 is 1.77 bits per heavy atom. The fourth-order valence-electron chi connectivity index (χ4n) is 4.73. The highest BCUT2D eigenvalue weighted by molar-refractivity contribution is 5.74. The predicted molar refractivity (Wildman–Crippen MR) is 109 cm³/mol. The van der Waals surface area contributed by atoms with Crippen LogP contribution in [0.3, 0.4) is 0 Å². The largest absolute Gasteiger partial charge is 0.493 e. The first-order chi connectivity index (χ1) is 12.5. The molecular weight excluding hydrogens is 318 g/mol. The van der Waals surface area contributed by atoms with Crippen LogP contribution in [0.25, 0.3) is 11.1 Å². The first-order valence-electron chi connectivity index (χ1n) is 10.1. The van der Waals surface area contributed by atoms with Crippen molar-refractivity contribution in [2.24, 2.45) is 5.41 Å². The van der Waals surface area contributed by atoms with E-state index in [1.54, 1.807) is 5.56 Å². The van der Waals surface area contributed by atoms with E-state index in [2.05, 4.69) is 62.1 Å². The standard InChI is InChI=1S/C24H31NO/c1-18-20(22-12-5-9-19-8-4-11-21(19)22)10-6-13-23(18)26-15-7-14-25-16-24(2,3)17-25/h5-6,9-10,12-13H,4,7-8,11,14-17H2,1-3H3. The fourth-order valence-corrected chi connectivity index (χ4v) is 4.73. The molecule has 2 aromatic carbocycles. The molecule has 1 heterocycles. The van der Waals surface area contributed by atoms with E-state index in [0.717, 1.165) is 25.3 Å². The van der Waals surface area contributed by atoms with Crippen LogP contribution in [0.2, 0.25) is 0 Å². The van der Waals surface area contributed by atoms with Crippen molar-refractivity contribution in [2.45, 2.75) is 46.5 Å². The van der Waals surface area contributed by atoms with E-state index in [1.165, 1.54) is 54.6 Å². The molecule has 0 radical (unpaired) electrons. The highest BCUT2D eigenvalue weighted by Gasteiger charge is 2.33. The molecule has 0 unspecified atom stereocenters.